The van der Waals surface area contributed by atoms with Crippen molar-refractivity contribution in [1.82, 2.24) is 4.57 Å². The Morgan fingerprint density at radius 2 is 0.871 bits per heavy atom. The van der Waals surface area contributed by atoms with Gasteiger partial charge in [-0.2, -0.15) is 6.20 Å². The Labute approximate surface area is 362 Å². The second-order valence-electron chi connectivity index (χ2n) is 15.7. The van der Waals surface area contributed by atoms with Gasteiger partial charge in [-0.25, -0.2) is 0 Å². The molecule has 0 saturated heterocycles. The van der Waals surface area contributed by atoms with Crippen LogP contribution in [0.2, 0.25) is 0 Å². The van der Waals surface area contributed by atoms with Crippen LogP contribution in [0.4, 0.5) is 17.1 Å². The number of nitrogens with zero attached hydrogens (tertiary/aromatic N) is 3. The Kier molecular flexibility index (Phi) is 9.61. The lowest BCUT2D eigenvalue weighted by Crippen LogP contribution is -2.10. The van der Waals surface area contributed by atoms with Gasteiger partial charge in [0.2, 0.25) is 0 Å². The summed E-state index contributed by atoms with van der Waals surface area (Å²) in [5.41, 5.74) is 18.6. The largest absolute Gasteiger partial charge is 0.687 e. The highest BCUT2D eigenvalue weighted by Crippen LogP contribution is 2.45. The zero-order valence-corrected chi connectivity index (χ0v) is 34.1. The van der Waals surface area contributed by atoms with Crippen LogP contribution < -0.4 is 4.90 Å². The van der Waals surface area contributed by atoms with Crippen LogP contribution in [-0.2, 0) is 0 Å². The van der Waals surface area contributed by atoms with Crippen molar-refractivity contribution in [2.75, 3.05) is 11.4 Å². The van der Waals surface area contributed by atoms with Crippen LogP contribution in [0.15, 0.2) is 243 Å². The van der Waals surface area contributed by atoms with E-state index in [2.05, 4.69) is 251 Å². The molecule has 0 saturated carbocycles. The molecular formula is C59H42N3-. The SMILES string of the molecule is C1=CC(c2ccc(N(c3ccc(-c4ccccc4)cc3)c3ccc(-c4ccc5c(c4)c4c(-c6ccccc6)ccc(-c6ccccc6)c4n5-c4ccccc4)cc3)cc2)=C[N-]C1. The van der Waals surface area contributed by atoms with E-state index in [1.165, 1.54) is 60.8 Å². The van der Waals surface area contributed by atoms with Gasteiger partial charge in [0.05, 0.1) is 11.0 Å². The molecule has 0 N–H and O–H groups in total. The minimum absolute atomic E-state index is 0.735. The zero-order chi connectivity index (χ0) is 41.2. The molecule has 0 atom stereocenters. The first kappa shape index (κ1) is 36.9. The second-order valence-corrected chi connectivity index (χ2v) is 15.7. The third kappa shape index (κ3) is 6.86. The number of anilines is 3. The number of rotatable bonds is 9. The number of para-hydroxylation sites is 1. The van der Waals surface area contributed by atoms with Gasteiger partial charge >= 0.3 is 0 Å². The molecule has 0 unspecified atom stereocenters. The minimum Gasteiger partial charge on any atom is -0.687 e. The first-order chi connectivity index (χ1) is 30.8. The summed E-state index contributed by atoms with van der Waals surface area (Å²) < 4.78 is 2.45. The molecule has 3 nitrogen and oxygen atoms in total. The fourth-order valence-corrected chi connectivity index (χ4v) is 8.97. The van der Waals surface area contributed by atoms with Crippen molar-refractivity contribution in [1.29, 1.82) is 0 Å². The summed E-state index contributed by atoms with van der Waals surface area (Å²) >= 11 is 0. The minimum atomic E-state index is 0.735. The van der Waals surface area contributed by atoms with E-state index in [0.717, 1.165) is 46.0 Å². The van der Waals surface area contributed by atoms with E-state index in [1.807, 2.05) is 6.20 Å². The molecule has 11 rings (SSSR count). The third-order valence-electron chi connectivity index (χ3n) is 12.0. The number of hydrogen-bond donors (Lipinski definition) is 0. The predicted molar refractivity (Wildman–Crippen MR) is 263 cm³/mol. The molecule has 0 fully saturated rings. The maximum Gasteiger partial charge on any atom is 0.0625 e. The molecule has 0 amide bonds. The van der Waals surface area contributed by atoms with Gasteiger partial charge in [0, 0.05) is 39.1 Å². The molecule has 1 aliphatic heterocycles. The summed E-state index contributed by atoms with van der Waals surface area (Å²) in [4.78, 5) is 2.34. The molecule has 0 bridgehead atoms. The maximum absolute atomic E-state index is 4.47. The first-order valence-electron chi connectivity index (χ1n) is 21.2. The Morgan fingerprint density at radius 1 is 0.403 bits per heavy atom. The van der Waals surface area contributed by atoms with Gasteiger partial charge in [-0.3, -0.25) is 0 Å². The topological polar surface area (TPSA) is 22.3 Å². The number of benzene rings is 9. The molecule has 3 heteroatoms. The fraction of sp³-hybridized carbons (Fsp3) is 0.0169. The molecule has 10 aromatic rings. The van der Waals surface area contributed by atoms with Gasteiger partial charge in [0.1, 0.15) is 0 Å². The molecule has 2 heterocycles. The van der Waals surface area contributed by atoms with Crippen LogP contribution in [0.5, 0.6) is 0 Å². The zero-order valence-electron chi connectivity index (χ0n) is 34.1. The average Bonchev–Trinajstić information content (AvgIpc) is 3.70. The van der Waals surface area contributed by atoms with E-state index in [9.17, 15) is 0 Å². The summed E-state index contributed by atoms with van der Waals surface area (Å²) in [7, 11) is 0. The van der Waals surface area contributed by atoms with Crippen LogP contribution in [0.3, 0.4) is 0 Å². The van der Waals surface area contributed by atoms with E-state index in [1.54, 1.807) is 0 Å². The number of allylic oxidation sites excluding steroid dienone is 2. The van der Waals surface area contributed by atoms with E-state index < -0.39 is 0 Å². The Hall–Kier alpha value is -8.14. The molecule has 0 spiro atoms. The van der Waals surface area contributed by atoms with E-state index in [4.69, 9.17) is 0 Å². The fourth-order valence-electron chi connectivity index (χ4n) is 8.97. The number of hydrogen-bond acceptors (Lipinski definition) is 1. The van der Waals surface area contributed by atoms with Crippen LogP contribution in [0.1, 0.15) is 5.56 Å². The van der Waals surface area contributed by atoms with Crippen molar-refractivity contribution < 1.29 is 0 Å². The van der Waals surface area contributed by atoms with Crippen LogP contribution in [0.25, 0.3) is 82.9 Å². The smallest absolute Gasteiger partial charge is 0.0625 e. The average molecular weight is 793 g/mol. The van der Waals surface area contributed by atoms with Gasteiger partial charge in [-0.15, -0.1) is 12.6 Å². The van der Waals surface area contributed by atoms with Gasteiger partial charge in [0.25, 0.3) is 0 Å². The van der Waals surface area contributed by atoms with Crippen molar-refractivity contribution in [3.8, 4) is 50.2 Å². The lowest BCUT2D eigenvalue weighted by Gasteiger charge is -2.26. The summed E-state index contributed by atoms with van der Waals surface area (Å²) in [6.07, 6.45) is 6.23. The van der Waals surface area contributed by atoms with Gasteiger partial charge in [-0.1, -0.05) is 170 Å². The molecule has 9 aromatic carbocycles. The van der Waals surface area contributed by atoms with Crippen LogP contribution in [-0.4, -0.2) is 11.1 Å². The van der Waals surface area contributed by atoms with E-state index in [0.29, 0.717) is 0 Å². The summed E-state index contributed by atoms with van der Waals surface area (Å²) in [5, 5.41) is 6.94. The third-order valence-corrected chi connectivity index (χ3v) is 12.0. The van der Waals surface area contributed by atoms with Crippen molar-refractivity contribution in [2.45, 2.75) is 0 Å². The number of fused-ring (bicyclic) bond motifs is 3. The van der Waals surface area contributed by atoms with Crippen molar-refractivity contribution in [3.63, 3.8) is 0 Å². The molecule has 0 aliphatic carbocycles. The van der Waals surface area contributed by atoms with Crippen molar-refractivity contribution in [2.24, 2.45) is 0 Å². The molecular weight excluding hydrogens is 751 g/mol. The molecule has 62 heavy (non-hydrogen) atoms. The summed E-state index contributed by atoms with van der Waals surface area (Å²) in [6, 6.07) is 81.2. The normalized spacial score (nSPS) is 12.3. The quantitative estimate of drug-likeness (QED) is 0.143. The monoisotopic (exact) mass is 792 g/mol. The van der Waals surface area contributed by atoms with Gasteiger partial charge in [-0.05, 0) is 111 Å². The Morgan fingerprint density at radius 3 is 1.44 bits per heavy atom. The van der Waals surface area contributed by atoms with E-state index >= 15 is 0 Å². The van der Waals surface area contributed by atoms with Crippen LogP contribution in [0, 0.1) is 0 Å². The molecule has 0 radical (unpaired) electrons. The highest BCUT2D eigenvalue weighted by Gasteiger charge is 2.21. The Bertz CT molecular complexity index is 3220. The summed E-state index contributed by atoms with van der Waals surface area (Å²) in [6.45, 7) is 0.735. The van der Waals surface area contributed by atoms with Crippen molar-refractivity contribution >= 4 is 44.4 Å². The van der Waals surface area contributed by atoms with Gasteiger partial charge < -0.3 is 14.8 Å². The molecule has 1 aromatic heterocycles. The highest BCUT2D eigenvalue weighted by atomic mass is 15.1. The second kappa shape index (κ2) is 16.1. The lowest BCUT2D eigenvalue weighted by atomic mass is 9.93. The standard InChI is InChI=1S/C59H42N3/c1-5-14-42(15-6-1)43-23-30-51(31-24-43)61(53-34-27-45(28-35-53)49-20-13-39-60-41-49)52-32-25-44(26-33-52)48-29-38-57-56(40-48)58-54(46-16-7-2-8-17-46)36-37-55(47-18-9-3-10-19-47)59(58)62(57)50-21-11-4-12-22-50/h1-38,40-41H,39H2/q-1. The van der Waals surface area contributed by atoms with Crippen molar-refractivity contribution in [3.05, 3.63) is 254 Å². The number of aromatic nitrogens is 1. The Balaban J connectivity index is 1.05. The predicted octanol–water partition coefficient (Wildman–Crippen LogP) is 16.2. The highest BCUT2D eigenvalue weighted by molar-refractivity contribution is 6.20. The first-order valence-corrected chi connectivity index (χ1v) is 21.2. The molecule has 1 aliphatic rings. The van der Waals surface area contributed by atoms with Crippen LogP contribution >= 0.6 is 0 Å². The van der Waals surface area contributed by atoms with Gasteiger partial charge in [0.15, 0.2) is 0 Å². The summed E-state index contributed by atoms with van der Waals surface area (Å²) in [5.74, 6) is 0. The molecule has 294 valence electrons. The van der Waals surface area contributed by atoms with E-state index in [-0.39, 0.29) is 0 Å². The maximum atomic E-state index is 4.47. The lowest BCUT2D eigenvalue weighted by molar-refractivity contribution is 1.18.